The maximum Gasteiger partial charge on any atom is 0.115 e. The summed E-state index contributed by atoms with van der Waals surface area (Å²) >= 11 is 0. The van der Waals surface area contributed by atoms with E-state index in [0.29, 0.717) is 11.8 Å². The van der Waals surface area contributed by atoms with Gasteiger partial charge >= 0.3 is 0 Å². The number of phenolic OH excluding ortho intramolecular Hbond substituents is 1. The van der Waals surface area contributed by atoms with Crippen molar-refractivity contribution in [3.63, 3.8) is 0 Å². The molecule has 3 atom stereocenters. The van der Waals surface area contributed by atoms with Gasteiger partial charge in [0.25, 0.3) is 0 Å². The van der Waals surface area contributed by atoms with Crippen molar-refractivity contribution < 1.29 is 5.11 Å². The predicted octanol–water partition coefficient (Wildman–Crippen LogP) is 4.13. The monoisotopic (exact) mass is 275 g/mol. The molecule has 0 aromatic heterocycles. The average molecular weight is 275 g/mol. The highest BCUT2D eigenvalue weighted by molar-refractivity contribution is 5.26. The lowest BCUT2D eigenvalue weighted by molar-refractivity contribution is 0.344. The first-order chi connectivity index (χ1) is 9.72. The number of phenols is 1. The number of hydrogen-bond acceptors (Lipinski definition) is 2. The van der Waals surface area contributed by atoms with Gasteiger partial charge in [-0.1, -0.05) is 38.8 Å². The van der Waals surface area contributed by atoms with Crippen LogP contribution in [0.3, 0.4) is 0 Å². The van der Waals surface area contributed by atoms with Crippen molar-refractivity contribution in [1.29, 1.82) is 0 Å². The molecule has 112 valence electrons. The summed E-state index contributed by atoms with van der Waals surface area (Å²) in [7, 11) is 0. The smallest absolute Gasteiger partial charge is 0.115 e. The number of aromatic hydroxyl groups is 1. The summed E-state index contributed by atoms with van der Waals surface area (Å²) in [6.07, 6.45) is 7.77. The first-order valence-electron chi connectivity index (χ1n) is 8.24. The second-order valence-corrected chi connectivity index (χ2v) is 6.28. The average Bonchev–Trinajstić information content (AvgIpc) is 2.94. The summed E-state index contributed by atoms with van der Waals surface area (Å²) in [5.74, 6) is 2.12. The second-order valence-electron chi connectivity index (χ2n) is 6.28. The molecule has 0 heterocycles. The predicted molar refractivity (Wildman–Crippen MR) is 85.0 cm³/mol. The van der Waals surface area contributed by atoms with Crippen LogP contribution in [0.4, 0.5) is 0 Å². The molecule has 2 N–H and O–H groups in total. The Kier molecular flexibility index (Phi) is 5.90. The van der Waals surface area contributed by atoms with E-state index in [-0.39, 0.29) is 0 Å². The summed E-state index contributed by atoms with van der Waals surface area (Å²) in [5.41, 5.74) is 1.33. The van der Waals surface area contributed by atoms with Gasteiger partial charge in [0.05, 0.1) is 0 Å². The highest BCUT2D eigenvalue weighted by Crippen LogP contribution is 2.35. The van der Waals surface area contributed by atoms with Crippen LogP contribution in [0.25, 0.3) is 0 Å². The third kappa shape index (κ3) is 4.24. The van der Waals surface area contributed by atoms with E-state index >= 15 is 0 Å². The molecule has 20 heavy (non-hydrogen) atoms. The molecule has 0 spiro atoms. The third-order valence-corrected chi connectivity index (χ3v) is 4.78. The Morgan fingerprint density at radius 3 is 2.55 bits per heavy atom. The zero-order valence-corrected chi connectivity index (χ0v) is 12.9. The van der Waals surface area contributed by atoms with Gasteiger partial charge in [-0.05, 0) is 61.8 Å². The largest absolute Gasteiger partial charge is 0.508 e. The summed E-state index contributed by atoms with van der Waals surface area (Å²) in [6, 6.07) is 8.31. The van der Waals surface area contributed by atoms with Gasteiger partial charge in [-0.15, -0.1) is 0 Å². The molecule has 0 bridgehead atoms. The van der Waals surface area contributed by atoms with Crippen LogP contribution < -0.4 is 5.32 Å². The van der Waals surface area contributed by atoms with Gasteiger partial charge in [0.15, 0.2) is 0 Å². The molecule has 2 nitrogen and oxygen atoms in total. The van der Waals surface area contributed by atoms with Crippen molar-refractivity contribution >= 4 is 0 Å². The minimum absolute atomic E-state index is 0.360. The standard InChI is InChI=1S/C18H29NO/c1-3-11-19-18(16-8-5-14(4-2)12-16)13-15-6-9-17(20)10-7-15/h6-7,9-10,14,16,18-20H,3-5,8,11-13H2,1-2H3. The van der Waals surface area contributed by atoms with Crippen molar-refractivity contribution in [2.24, 2.45) is 11.8 Å². The molecular weight excluding hydrogens is 246 g/mol. The fraction of sp³-hybridized carbons (Fsp3) is 0.667. The van der Waals surface area contributed by atoms with E-state index in [2.05, 4.69) is 31.3 Å². The van der Waals surface area contributed by atoms with E-state index in [0.717, 1.165) is 24.8 Å². The molecule has 2 heteroatoms. The van der Waals surface area contributed by atoms with Gasteiger partial charge in [-0.25, -0.2) is 0 Å². The lowest BCUT2D eigenvalue weighted by atomic mass is 9.90. The molecule has 0 amide bonds. The van der Waals surface area contributed by atoms with Gasteiger partial charge in [0.1, 0.15) is 5.75 Å². The van der Waals surface area contributed by atoms with E-state index in [1.54, 1.807) is 12.1 Å². The fourth-order valence-corrected chi connectivity index (χ4v) is 3.47. The molecule has 1 aliphatic carbocycles. The molecule has 1 saturated carbocycles. The maximum absolute atomic E-state index is 9.39. The van der Waals surface area contributed by atoms with E-state index in [1.165, 1.54) is 37.7 Å². The SMILES string of the molecule is CCCNC(Cc1ccc(O)cc1)C1CCC(CC)C1. The van der Waals surface area contributed by atoms with Gasteiger partial charge in [-0.3, -0.25) is 0 Å². The molecule has 1 fully saturated rings. The molecule has 3 unspecified atom stereocenters. The lowest BCUT2D eigenvalue weighted by Gasteiger charge is -2.25. The highest BCUT2D eigenvalue weighted by atomic mass is 16.3. The summed E-state index contributed by atoms with van der Waals surface area (Å²) in [4.78, 5) is 0. The number of benzene rings is 1. The topological polar surface area (TPSA) is 32.3 Å². The van der Waals surface area contributed by atoms with Gasteiger partial charge in [0, 0.05) is 6.04 Å². The Balaban J connectivity index is 1.98. The lowest BCUT2D eigenvalue weighted by Crippen LogP contribution is -2.37. The first kappa shape index (κ1) is 15.4. The van der Waals surface area contributed by atoms with Gasteiger partial charge in [-0.2, -0.15) is 0 Å². The summed E-state index contributed by atoms with van der Waals surface area (Å²) in [6.45, 7) is 5.66. The van der Waals surface area contributed by atoms with Crippen LogP contribution in [0, 0.1) is 11.8 Å². The minimum Gasteiger partial charge on any atom is -0.508 e. The van der Waals surface area contributed by atoms with Crippen LogP contribution in [0.15, 0.2) is 24.3 Å². The normalized spacial score (nSPS) is 23.9. The zero-order valence-electron chi connectivity index (χ0n) is 12.9. The van der Waals surface area contributed by atoms with Crippen LogP contribution in [0.1, 0.15) is 51.5 Å². The van der Waals surface area contributed by atoms with Crippen molar-refractivity contribution in [1.82, 2.24) is 5.32 Å². The number of nitrogens with one attached hydrogen (secondary N) is 1. The van der Waals surface area contributed by atoms with E-state index in [9.17, 15) is 5.11 Å². The Bertz CT molecular complexity index is 387. The Labute approximate surface area is 123 Å². The fourth-order valence-electron chi connectivity index (χ4n) is 3.47. The highest BCUT2D eigenvalue weighted by Gasteiger charge is 2.29. The molecule has 1 aliphatic rings. The Hall–Kier alpha value is -1.02. The first-order valence-corrected chi connectivity index (χ1v) is 8.24. The van der Waals surface area contributed by atoms with Crippen LogP contribution in [-0.2, 0) is 6.42 Å². The van der Waals surface area contributed by atoms with Crippen molar-refractivity contribution in [2.75, 3.05) is 6.54 Å². The molecule has 1 aromatic rings. The van der Waals surface area contributed by atoms with Gasteiger partial charge in [0.2, 0.25) is 0 Å². The molecule has 0 radical (unpaired) electrons. The number of rotatable bonds is 7. The van der Waals surface area contributed by atoms with Crippen molar-refractivity contribution in [3.8, 4) is 5.75 Å². The quantitative estimate of drug-likeness (QED) is 0.784. The van der Waals surface area contributed by atoms with E-state index < -0.39 is 0 Å². The molecule has 0 saturated heterocycles. The van der Waals surface area contributed by atoms with Crippen LogP contribution >= 0.6 is 0 Å². The van der Waals surface area contributed by atoms with E-state index in [4.69, 9.17) is 0 Å². The summed E-state index contributed by atoms with van der Waals surface area (Å²) in [5, 5.41) is 13.2. The van der Waals surface area contributed by atoms with Crippen LogP contribution in [0.2, 0.25) is 0 Å². The second kappa shape index (κ2) is 7.68. The number of hydrogen-bond donors (Lipinski definition) is 2. The van der Waals surface area contributed by atoms with Crippen molar-refractivity contribution in [2.45, 2.75) is 58.4 Å². The summed E-state index contributed by atoms with van der Waals surface area (Å²) < 4.78 is 0. The maximum atomic E-state index is 9.39. The van der Waals surface area contributed by atoms with Crippen LogP contribution in [0.5, 0.6) is 5.75 Å². The molecule has 2 rings (SSSR count). The Morgan fingerprint density at radius 1 is 1.20 bits per heavy atom. The molecule has 1 aromatic carbocycles. The molecular formula is C18H29NO. The van der Waals surface area contributed by atoms with E-state index in [1.807, 2.05) is 0 Å². The third-order valence-electron chi connectivity index (χ3n) is 4.78. The molecule has 0 aliphatic heterocycles. The van der Waals surface area contributed by atoms with Gasteiger partial charge < -0.3 is 10.4 Å². The zero-order chi connectivity index (χ0) is 14.4. The minimum atomic E-state index is 0.360. The Morgan fingerprint density at radius 2 is 1.95 bits per heavy atom. The van der Waals surface area contributed by atoms with Crippen molar-refractivity contribution in [3.05, 3.63) is 29.8 Å². The van der Waals surface area contributed by atoms with Crippen LogP contribution in [-0.4, -0.2) is 17.7 Å².